The van der Waals surface area contributed by atoms with Crippen LogP contribution < -0.4 is 5.73 Å². The minimum atomic E-state index is -0.221. The molecule has 0 heterocycles. The lowest BCUT2D eigenvalue weighted by atomic mass is 10.1. The summed E-state index contributed by atoms with van der Waals surface area (Å²) in [6.45, 7) is 7.27. The lowest BCUT2D eigenvalue weighted by Crippen LogP contribution is -2.23. The predicted molar refractivity (Wildman–Crippen MR) is 85.3 cm³/mol. The Morgan fingerprint density at radius 1 is 1.00 bits per heavy atom. The zero-order chi connectivity index (χ0) is 15.2. The number of hydrogen-bond donors (Lipinski definition) is 1. The lowest BCUT2D eigenvalue weighted by Gasteiger charge is -2.23. The number of benzene rings is 2. The van der Waals surface area contributed by atoms with Crippen LogP contribution in [0.3, 0.4) is 0 Å². The van der Waals surface area contributed by atoms with E-state index >= 15 is 0 Å². The molecule has 0 fully saturated rings. The maximum absolute atomic E-state index is 13.3. The molecule has 0 aliphatic carbocycles. The van der Waals surface area contributed by atoms with E-state index < -0.39 is 0 Å². The van der Waals surface area contributed by atoms with Gasteiger partial charge in [0, 0.05) is 19.6 Å². The van der Waals surface area contributed by atoms with E-state index in [1.54, 1.807) is 0 Å². The second-order valence-electron chi connectivity index (χ2n) is 5.35. The minimum absolute atomic E-state index is 0.221. The molecule has 2 rings (SSSR count). The Balaban J connectivity index is 2.14. The molecule has 0 aliphatic rings. The lowest BCUT2D eigenvalue weighted by molar-refractivity contribution is 0.270. The van der Waals surface area contributed by atoms with Crippen LogP contribution in [0.1, 0.15) is 29.2 Å². The third-order valence-corrected chi connectivity index (χ3v) is 3.88. The Morgan fingerprint density at radius 3 is 2.38 bits per heavy atom. The van der Waals surface area contributed by atoms with E-state index in [0.29, 0.717) is 6.54 Å². The van der Waals surface area contributed by atoms with Gasteiger partial charge in [0.2, 0.25) is 0 Å². The highest BCUT2D eigenvalue weighted by atomic mass is 19.1. The number of halogens is 1. The van der Waals surface area contributed by atoms with Crippen molar-refractivity contribution in [2.75, 3.05) is 6.54 Å². The highest BCUT2D eigenvalue weighted by molar-refractivity contribution is 5.29. The molecular weight excluding hydrogens is 263 g/mol. The second-order valence-corrected chi connectivity index (χ2v) is 5.35. The zero-order valence-electron chi connectivity index (χ0n) is 12.8. The van der Waals surface area contributed by atoms with Gasteiger partial charge >= 0.3 is 0 Å². The summed E-state index contributed by atoms with van der Waals surface area (Å²) < 4.78 is 13.3. The van der Waals surface area contributed by atoms with E-state index in [4.69, 9.17) is 5.73 Å². The van der Waals surface area contributed by atoms with Gasteiger partial charge in [-0.05, 0) is 47.9 Å². The van der Waals surface area contributed by atoms with Crippen molar-refractivity contribution in [3.05, 3.63) is 70.5 Å². The van der Waals surface area contributed by atoms with Crippen LogP contribution in [0.5, 0.6) is 0 Å². The van der Waals surface area contributed by atoms with Crippen molar-refractivity contribution in [2.24, 2.45) is 5.73 Å². The first-order valence-corrected chi connectivity index (χ1v) is 7.38. The van der Waals surface area contributed by atoms with E-state index in [0.717, 1.165) is 30.8 Å². The van der Waals surface area contributed by atoms with Gasteiger partial charge in [0.1, 0.15) is 5.82 Å². The molecule has 0 unspecified atom stereocenters. The number of aryl methyl sites for hydroxylation is 1. The predicted octanol–water partition coefficient (Wildman–Crippen LogP) is 3.61. The van der Waals surface area contributed by atoms with E-state index in [2.05, 4.69) is 43.0 Å². The second kappa shape index (κ2) is 7.34. The Bertz CT molecular complexity index is 596. The highest BCUT2D eigenvalue weighted by Gasteiger charge is 2.10. The monoisotopic (exact) mass is 286 g/mol. The zero-order valence-corrected chi connectivity index (χ0v) is 12.8. The molecule has 0 amide bonds. The fourth-order valence-electron chi connectivity index (χ4n) is 2.49. The molecule has 0 aromatic heterocycles. The molecule has 0 bridgehead atoms. The third-order valence-electron chi connectivity index (χ3n) is 3.88. The topological polar surface area (TPSA) is 29.3 Å². The molecular formula is C18H23FN2. The number of nitrogens with two attached hydrogens (primary N) is 1. The van der Waals surface area contributed by atoms with Gasteiger partial charge in [-0.25, -0.2) is 4.39 Å². The molecule has 112 valence electrons. The van der Waals surface area contributed by atoms with Crippen LogP contribution in [0.15, 0.2) is 42.5 Å². The third kappa shape index (κ3) is 4.13. The average molecular weight is 286 g/mol. The first kappa shape index (κ1) is 15.7. The highest BCUT2D eigenvalue weighted by Crippen LogP contribution is 2.16. The van der Waals surface area contributed by atoms with Gasteiger partial charge in [0.05, 0.1) is 0 Å². The van der Waals surface area contributed by atoms with Crippen molar-refractivity contribution in [1.82, 2.24) is 4.90 Å². The summed E-state index contributed by atoms with van der Waals surface area (Å²) in [5.41, 5.74) is 10.4. The summed E-state index contributed by atoms with van der Waals surface area (Å²) in [4.78, 5) is 2.34. The van der Waals surface area contributed by atoms with Crippen molar-refractivity contribution >= 4 is 0 Å². The molecule has 0 spiro atoms. The van der Waals surface area contributed by atoms with Crippen molar-refractivity contribution in [3.63, 3.8) is 0 Å². The van der Waals surface area contributed by atoms with Gasteiger partial charge < -0.3 is 5.73 Å². The largest absolute Gasteiger partial charge is 0.326 e. The molecule has 2 nitrogen and oxygen atoms in total. The van der Waals surface area contributed by atoms with Gasteiger partial charge in [-0.15, -0.1) is 0 Å². The summed E-state index contributed by atoms with van der Waals surface area (Å²) in [6.07, 6.45) is 0. The summed E-state index contributed by atoms with van der Waals surface area (Å²) in [5.74, 6) is -0.221. The van der Waals surface area contributed by atoms with Crippen LogP contribution in [-0.2, 0) is 19.6 Å². The normalized spacial score (nSPS) is 11.1. The van der Waals surface area contributed by atoms with E-state index in [1.807, 2.05) is 6.07 Å². The maximum Gasteiger partial charge on any atom is 0.123 e. The SMILES string of the molecule is CCN(Cc1ccccc1C)Cc1ccc(F)cc1CN. The molecule has 0 saturated heterocycles. The average Bonchev–Trinajstić information content (AvgIpc) is 2.50. The smallest absolute Gasteiger partial charge is 0.123 e. The molecule has 3 heteroatoms. The van der Waals surface area contributed by atoms with Crippen molar-refractivity contribution in [3.8, 4) is 0 Å². The summed E-state index contributed by atoms with van der Waals surface area (Å²) in [7, 11) is 0. The fraction of sp³-hybridized carbons (Fsp3) is 0.333. The molecule has 2 N–H and O–H groups in total. The van der Waals surface area contributed by atoms with Crippen LogP contribution >= 0.6 is 0 Å². The number of nitrogens with zero attached hydrogens (tertiary/aromatic N) is 1. The summed E-state index contributed by atoms with van der Waals surface area (Å²) >= 11 is 0. The Labute approximate surface area is 126 Å². The fourth-order valence-corrected chi connectivity index (χ4v) is 2.49. The minimum Gasteiger partial charge on any atom is -0.326 e. The molecule has 0 atom stereocenters. The Morgan fingerprint density at radius 2 is 1.71 bits per heavy atom. The van der Waals surface area contributed by atoms with Crippen molar-refractivity contribution < 1.29 is 4.39 Å². The standard InChI is InChI=1S/C18H23FN2/c1-3-21(12-15-7-5-4-6-14(15)2)13-16-8-9-18(19)10-17(16)11-20/h4-10H,3,11-13,20H2,1-2H3. The van der Waals surface area contributed by atoms with Crippen LogP contribution in [0, 0.1) is 12.7 Å². The number of hydrogen-bond acceptors (Lipinski definition) is 2. The molecule has 0 radical (unpaired) electrons. The van der Waals surface area contributed by atoms with E-state index in [1.165, 1.54) is 23.3 Å². The maximum atomic E-state index is 13.3. The van der Waals surface area contributed by atoms with Crippen molar-refractivity contribution in [1.29, 1.82) is 0 Å². The van der Waals surface area contributed by atoms with E-state index in [-0.39, 0.29) is 5.82 Å². The molecule has 0 saturated carbocycles. The van der Waals surface area contributed by atoms with Gasteiger partial charge in [0.15, 0.2) is 0 Å². The van der Waals surface area contributed by atoms with E-state index in [9.17, 15) is 4.39 Å². The molecule has 21 heavy (non-hydrogen) atoms. The summed E-state index contributed by atoms with van der Waals surface area (Å²) in [6, 6.07) is 13.3. The van der Waals surface area contributed by atoms with Crippen LogP contribution in [0.25, 0.3) is 0 Å². The Kier molecular flexibility index (Phi) is 5.48. The molecule has 0 aliphatic heterocycles. The van der Waals surface area contributed by atoms with Crippen molar-refractivity contribution in [2.45, 2.75) is 33.5 Å². The van der Waals surface area contributed by atoms with Crippen LogP contribution in [0.4, 0.5) is 4.39 Å². The molecule has 2 aromatic rings. The first-order chi connectivity index (χ1) is 10.1. The van der Waals surface area contributed by atoms with Crippen LogP contribution in [0.2, 0.25) is 0 Å². The van der Waals surface area contributed by atoms with Gasteiger partial charge in [0.25, 0.3) is 0 Å². The van der Waals surface area contributed by atoms with Crippen LogP contribution in [-0.4, -0.2) is 11.4 Å². The molecule has 2 aromatic carbocycles. The van der Waals surface area contributed by atoms with Gasteiger partial charge in [-0.1, -0.05) is 37.3 Å². The van der Waals surface area contributed by atoms with Gasteiger partial charge in [-0.2, -0.15) is 0 Å². The van der Waals surface area contributed by atoms with Gasteiger partial charge in [-0.3, -0.25) is 4.90 Å². The quantitative estimate of drug-likeness (QED) is 0.879. The number of rotatable bonds is 6. The Hall–Kier alpha value is -1.71. The first-order valence-electron chi connectivity index (χ1n) is 7.38. The summed E-state index contributed by atoms with van der Waals surface area (Å²) in [5, 5.41) is 0.